The monoisotopic (exact) mass is 304 g/mol. The van der Waals surface area contributed by atoms with Gasteiger partial charge in [-0.15, -0.1) is 0 Å². The number of methoxy groups -OCH3 is 2. The number of hydrogen-bond donors (Lipinski definition) is 2. The highest BCUT2D eigenvalue weighted by Gasteiger charge is 2.16. The first kappa shape index (κ1) is 14.6. The third kappa shape index (κ3) is 2.85. The van der Waals surface area contributed by atoms with E-state index in [1.807, 2.05) is 0 Å². The summed E-state index contributed by atoms with van der Waals surface area (Å²) in [4.78, 5) is 8.81. The van der Waals surface area contributed by atoms with E-state index in [1.165, 1.54) is 0 Å². The molecule has 1 unspecified atom stereocenters. The van der Waals surface area contributed by atoms with Crippen molar-refractivity contribution in [2.24, 2.45) is 5.92 Å². The van der Waals surface area contributed by atoms with Crippen molar-refractivity contribution in [2.75, 3.05) is 45.0 Å². The normalized spacial score (nSPS) is 17.6. The Labute approximate surface area is 128 Å². The summed E-state index contributed by atoms with van der Waals surface area (Å²) in [7, 11) is 3.17. The minimum Gasteiger partial charge on any atom is -0.493 e. The lowest BCUT2D eigenvalue weighted by molar-refractivity contribution is 0.187. The number of ether oxygens (including phenoxy) is 3. The van der Waals surface area contributed by atoms with E-state index in [9.17, 15) is 0 Å². The van der Waals surface area contributed by atoms with Crippen LogP contribution in [0.1, 0.15) is 6.42 Å². The second-order valence-electron chi connectivity index (χ2n) is 5.27. The van der Waals surface area contributed by atoms with E-state index in [1.54, 1.807) is 26.4 Å². The van der Waals surface area contributed by atoms with E-state index in [2.05, 4.69) is 15.3 Å². The van der Waals surface area contributed by atoms with Gasteiger partial charge in [0.1, 0.15) is 5.82 Å². The number of nitrogens with two attached hydrogens (primary N) is 1. The number of nitrogens with one attached hydrogen (secondary N) is 1. The van der Waals surface area contributed by atoms with Crippen molar-refractivity contribution < 1.29 is 14.2 Å². The van der Waals surface area contributed by atoms with Crippen LogP contribution in [0.4, 0.5) is 11.8 Å². The van der Waals surface area contributed by atoms with Crippen molar-refractivity contribution in [2.45, 2.75) is 6.42 Å². The SMILES string of the molecule is COc1cc2nc(NCC3CCOC3)nc(N)c2cc1OC. The third-order valence-electron chi connectivity index (χ3n) is 3.80. The standard InChI is InChI=1S/C15H20N4O3/c1-20-12-5-10-11(6-13(12)21-2)18-15(19-14(10)16)17-7-9-3-4-22-8-9/h5-6,9H,3-4,7-8H2,1-2H3,(H3,16,17,18,19). The first-order valence-corrected chi connectivity index (χ1v) is 7.22. The van der Waals surface area contributed by atoms with Gasteiger partial charge in [-0.3, -0.25) is 0 Å². The zero-order valence-electron chi connectivity index (χ0n) is 12.8. The molecule has 1 fully saturated rings. The molecule has 0 saturated carbocycles. The highest BCUT2D eigenvalue weighted by molar-refractivity contribution is 5.91. The minimum absolute atomic E-state index is 0.413. The zero-order chi connectivity index (χ0) is 15.5. The Morgan fingerprint density at radius 3 is 2.73 bits per heavy atom. The number of benzene rings is 1. The fourth-order valence-corrected chi connectivity index (χ4v) is 2.54. The average molecular weight is 304 g/mol. The fraction of sp³-hybridized carbons (Fsp3) is 0.467. The summed E-state index contributed by atoms with van der Waals surface area (Å²) in [6.07, 6.45) is 1.06. The molecule has 2 heterocycles. The molecule has 0 amide bonds. The summed E-state index contributed by atoms with van der Waals surface area (Å²) in [6, 6.07) is 3.59. The van der Waals surface area contributed by atoms with Gasteiger partial charge in [0.05, 0.1) is 26.3 Å². The summed E-state index contributed by atoms with van der Waals surface area (Å²) < 4.78 is 15.9. The molecule has 7 nitrogen and oxygen atoms in total. The molecule has 1 atom stereocenters. The number of anilines is 2. The maximum Gasteiger partial charge on any atom is 0.225 e. The van der Waals surface area contributed by atoms with Gasteiger partial charge in [-0.25, -0.2) is 4.98 Å². The first-order chi connectivity index (χ1) is 10.7. The molecular weight excluding hydrogens is 284 g/mol. The Balaban J connectivity index is 1.89. The minimum atomic E-state index is 0.413. The van der Waals surface area contributed by atoms with Gasteiger partial charge in [-0.1, -0.05) is 0 Å². The lowest BCUT2D eigenvalue weighted by Gasteiger charge is -2.13. The van der Waals surface area contributed by atoms with Crippen molar-refractivity contribution in [3.8, 4) is 11.5 Å². The van der Waals surface area contributed by atoms with Crippen LogP contribution in [0.5, 0.6) is 11.5 Å². The maximum atomic E-state index is 6.04. The van der Waals surface area contributed by atoms with Gasteiger partial charge < -0.3 is 25.3 Å². The highest BCUT2D eigenvalue weighted by atomic mass is 16.5. The summed E-state index contributed by atoms with van der Waals surface area (Å²) in [6.45, 7) is 2.38. The predicted molar refractivity (Wildman–Crippen MR) is 84.5 cm³/mol. The van der Waals surface area contributed by atoms with Gasteiger partial charge in [0, 0.05) is 30.5 Å². The molecule has 0 bridgehead atoms. The zero-order valence-corrected chi connectivity index (χ0v) is 12.8. The molecule has 1 aliphatic rings. The molecule has 0 spiro atoms. The molecule has 22 heavy (non-hydrogen) atoms. The molecule has 0 aliphatic carbocycles. The maximum absolute atomic E-state index is 6.04. The van der Waals surface area contributed by atoms with E-state index < -0.39 is 0 Å². The van der Waals surface area contributed by atoms with E-state index >= 15 is 0 Å². The lowest BCUT2D eigenvalue weighted by Crippen LogP contribution is -2.16. The molecule has 118 valence electrons. The van der Waals surface area contributed by atoms with Crippen molar-refractivity contribution >= 4 is 22.7 Å². The molecule has 1 aromatic carbocycles. The fourth-order valence-electron chi connectivity index (χ4n) is 2.54. The predicted octanol–water partition coefficient (Wildman–Crippen LogP) is 1.68. The van der Waals surface area contributed by atoms with Crippen LogP contribution in [0.25, 0.3) is 10.9 Å². The largest absolute Gasteiger partial charge is 0.493 e. The van der Waals surface area contributed by atoms with Crippen LogP contribution < -0.4 is 20.5 Å². The van der Waals surface area contributed by atoms with Crippen molar-refractivity contribution in [1.82, 2.24) is 9.97 Å². The molecule has 3 N–H and O–H groups in total. The van der Waals surface area contributed by atoms with E-state index in [4.69, 9.17) is 19.9 Å². The number of rotatable bonds is 5. The summed E-state index contributed by atoms with van der Waals surface area (Å²) in [5.41, 5.74) is 6.76. The highest BCUT2D eigenvalue weighted by Crippen LogP contribution is 2.33. The molecular formula is C15H20N4O3. The number of hydrogen-bond acceptors (Lipinski definition) is 7. The second kappa shape index (κ2) is 6.23. The summed E-state index contributed by atoms with van der Waals surface area (Å²) >= 11 is 0. The quantitative estimate of drug-likeness (QED) is 0.868. The summed E-state index contributed by atoms with van der Waals surface area (Å²) in [5.74, 6) is 2.64. The Bertz CT molecular complexity index is 671. The molecule has 3 rings (SSSR count). The van der Waals surface area contributed by atoms with Crippen LogP contribution >= 0.6 is 0 Å². The first-order valence-electron chi connectivity index (χ1n) is 7.22. The van der Waals surface area contributed by atoms with E-state index in [0.717, 1.165) is 37.1 Å². The Morgan fingerprint density at radius 2 is 2.05 bits per heavy atom. The summed E-state index contributed by atoms with van der Waals surface area (Å²) in [5, 5.41) is 3.97. The Hall–Kier alpha value is -2.28. The van der Waals surface area contributed by atoms with Gasteiger partial charge in [0.2, 0.25) is 5.95 Å². The molecule has 1 saturated heterocycles. The third-order valence-corrected chi connectivity index (χ3v) is 3.80. The number of aromatic nitrogens is 2. The molecule has 1 aliphatic heterocycles. The van der Waals surface area contributed by atoms with Crippen molar-refractivity contribution in [3.05, 3.63) is 12.1 Å². The average Bonchev–Trinajstić information content (AvgIpc) is 3.05. The van der Waals surface area contributed by atoms with Crippen LogP contribution in [0.2, 0.25) is 0 Å². The lowest BCUT2D eigenvalue weighted by atomic mass is 10.1. The molecule has 7 heteroatoms. The smallest absolute Gasteiger partial charge is 0.225 e. The van der Waals surface area contributed by atoms with Gasteiger partial charge in [-0.2, -0.15) is 4.98 Å². The number of fused-ring (bicyclic) bond motifs is 1. The number of nitrogens with zero attached hydrogens (tertiary/aromatic N) is 2. The topological polar surface area (TPSA) is 91.5 Å². The Morgan fingerprint density at radius 1 is 1.27 bits per heavy atom. The van der Waals surface area contributed by atoms with Gasteiger partial charge in [0.15, 0.2) is 11.5 Å². The van der Waals surface area contributed by atoms with Crippen LogP contribution in [0, 0.1) is 5.92 Å². The van der Waals surface area contributed by atoms with Crippen LogP contribution in [-0.2, 0) is 4.74 Å². The van der Waals surface area contributed by atoms with Crippen molar-refractivity contribution in [3.63, 3.8) is 0 Å². The molecule has 2 aromatic rings. The van der Waals surface area contributed by atoms with Crippen LogP contribution in [-0.4, -0.2) is 43.9 Å². The van der Waals surface area contributed by atoms with Gasteiger partial charge >= 0.3 is 0 Å². The van der Waals surface area contributed by atoms with Gasteiger partial charge in [-0.05, 0) is 12.5 Å². The second-order valence-corrected chi connectivity index (χ2v) is 5.27. The number of nitrogen functional groups attached to an aromatic ring is 1. The van der Waals surface area contributed by atoms with Crippen LogP contribution in [0.3, 0.4) is 0 Å². The van der Waals surface area contributed by atoms with Crippen LogP contribution in [0.15, 0.2) is 12.1 Å². The molecule has 1 aromatic heterocycles. The van der Waals surface area contributed by atoms with Crippen molar-refractivity contribution in [1.29, 1.82) is 0 Å². The Kier molecular flexibility index (Phi) is 4.15. The van der Waals surface area contributed by atoms with Gasteiger partial charge in [0.25, 0.3) is 0 Å². The molecule has 0 radical (unpaired) electrons. The van der Waals surface area contributed by atoms with E-state index in [-0.39, 0.29) is 0 Å². The van der Waals surface area contributed by atoms with E-state index in [0.29, 0.717) is 29.2 Å².